The Balaban J connectivity index is 1.76. The lowest BCUT2D eigenvalue weighted by molar-refractivity contribution is -0.132. The quantitative estimate of drug-likeness (QED) is 0.759. The minimum Gasteiger partial charge on any atom is -0.497 e. The molecule has 0 radical (unpaired) electrons. The maximum atomic E-state index is 12.5. The molecule has 2 heterocycles. The molecular weight excluding hydrogens is 338 g/mol. The number of hydrogen-bond acceptors (Lipinski definition) is 5. The van der Waals surface area contributed by atoms with Crippen molar-refractivity contribution in [3.05, 3.63) is 42.5 Å². The third-order valence-corrected chi connectivity index (χ3v) is 5.51. The third-order valence-electron chi connectivity index (χ3n) is 4.23. The number of nitrogens with zero attached hydrogens (tertiary/aromatic N) is 3. The van der Waals surface area contributed by atoms with Crippen LogP contribution in [-0.2, 0) is 11.3 Å². The van der Waals surface area contributed by atoms with E-state index in [-0.39, 0.29) is 11.3 Å². The van der Waals surface area contributed by atoms with Gasteiger partial charge in [0.15, 0.2) is 0 Å². The number of imidazole rings is 1. The zero-order valence-corrected chi connectivity index (χ0v) is 15.4. The van der Waals surface area contributed by atoms with Crippen LogP contribution in [0.3, 0.4) is 0 Å². The Hall–Kier alpha value is -2.15. The number of aromatic nitrogens is 2. The van der Waals surface area contributed by atoms with E-state index in [0.29, 0.717) is 13.0 Å². The predicted octanol–water partition coefficient (Wildman–Crippen LogP) is 2.95. The normalized spacial score (nSPS) is 17.6. The maximum absolute atomic E-state index is 12.5. The first kappa shape index (κ1) is 17.7. The van der Waals surface area contributed by atoms with Crippen molar-refractivity contribution in [2.45, 2.75) is 24.8 Å². The lowest BCUT2D eigenvalue weighted by Gasteiger charge is -2.35. The smallest absolute Gasteiger partial charge is 0.224 e. The molecular formula is C18H23N3O3S. The number of benzene rings is 1. The molecule has 1 aliphatic rings. The second-order valence-electron chi connectivity index (χ2n) is 5.86. The van der Waals surface area contributed by atoms with E-state index < -0.39 is 0 Å². The van der Waals surface area contributed by atoms with Crippen molar-refractivity contribution in [2.24, 2.45) is 0 Å². The molecule has 25 heavy (non-hydrogen) atoms. The second kappa shape index (κ2) is 8.29. The molecule has 0 bridgehead atoms. The molecule has 1 aromatic heterocycles. The lowest BCUT2D eigenvalue weighted by atomic mass is 10.1. The maximum Gasteiger partial charge on any atom is 0.224 e. The number of hydrogen-bond donors (Lipinski definition) is 0. The molecule has 1 aromatic carbocycles. The highest BCUT2D eigenvalue weighted by atomic mass is 32.2. The SMILES string of the molecule is COc1cc(OC)cc(C2SCCC(=O)N2CCCn2ccnc2)c1. The van der Waals surface area contributed by atoms with Crippen molar-refractivity contribution in [1.82, 2.24) is 14.5 Å². The van der Waals surface area contributed by atoms with Crippen molar-refractivity contribution in [3.8, 4) is 11.5 Å². The van der Waals surface area contributed by atoms with E-state index in [1.165, 1.54) is 0 Å². The lowest BCUT2D eigenvalue weighted by Crippen LogP contribution is -2.38. The van der Waals surface area contributed by atoms with Gasteiger partial charge in [-0.05, 0) is 24.1 Å². The molecule has 3 rings (SSSR count). The average Bonchev–Trinajstić information content (AvgIpc) is 3.16. The number of carbonyl (C=O) groups is 1. The largest absolute Gasteiger partial charge is 0.497 e. The molecule has 0 spiro atoms. The Morgan fingerprint density at radius 2 is 1.96 bits per heavy atom. The van der Waals surface area contributed by atoms with Gasteiger partial charge in [0.2, 0.25) is 5.91 Å². The number of amides is 1. The first-order valence-corrected chi connectivity index (χ1v) is 9.36. The van der Waals surface area contributed by atoms with Gasteiger partial charge in [-0.3, -0.25) is 4.79 Å². The monoisotopic (exact) mass is 361 g/mol. The standard InChI is InChI=1S/C18H23N3O3S/c1-23-15-10-14(11-16(12-15)24-2)18-21(17(22)4-9-25-18)7-3-6-20-8-5-19-13-20/h5,8,10-13,18H,3-4,6-7,9H2,1-2H3. The van der Waals surface area contributed by atoms with Gasteiger partial charge >= 0.3 is 0 Å². The van der Waals surface area contributed by atoms with E-state index in [2.05, 4.69) is 4.98 Å². The van der Waals surface area contributed by atoms with Crippen molar-refractivity contribution in [1.29, 1.82) is 0 Å². The van der Waals surface area contributed by atoms with Crippen LogP contribution in [0.2, 0.25) is 0 Å². The van der Waals surface area contributed by atoms with E-state index in [1.807, 2.05) is 33.9 Å². The minimum absolute atomic E-state index is 0.00645. The number of carbonyl (C=O) groups excluding carboxylic acids is 1. The minimum atomic E-state index is -0.00645. The summed E-state index contributed by atoms with van der Waals surface area (Å²) < 4.78 is 12.8. The van der Waals surface area contributed by atoms with Crippen LogP contribution in [0.5, 0.6) is 11.5 Å². The number of aryl methyl sites for hydroxylation is 1. The van der Waals surface area contributed by atoms with Crippen molar-refractivity contribution in [2.75, 3.05) is 26.5 Å². The van der Waals surface area contributed by atoms with E-state index in [9.17, 15) is 4.79 Å². The molecule has 7 heteroatoms. The summed E-state index contributed by atoms with van der Waals surface area (Å²) in [6, 6.07) is 5.82. The van der Waals surface area contributed by atoms with Gasteiger partial charge in [-0.15, -0.1) is 11.8 Å². The fourth-order valence-corrected chi connectivity index (χ4v) is 4.20. The van der Waals surface area contributed by atoms with Gasteiger partial charge in [-0.1, -0.05) is 0 Å². The molecule has 6 nitrogen and oxygen atoms in total. The van der Waals surface area contributed by atoms with Gasteiger partial charge in [-0.2, -0.15) is 0 Å². The average molecular weight is 361 g/mol. The van der Waals surface area contributed by atoms with Gasteiger partial charge in [0.25, 0.3) is 0 Å². The van der Waals surface area contributed by atoms with Crippen molar-refractivity contribution in [3.63, 3.8) is 0 Å². The van der Waals surface area contributed by atoms with Gasteiger partial charge in [0.05, 0.1) is 20.5 Å². The van der Waals surface area contributed by atoms with Crippen molar-refractivity contribution >= 4 is 17.7 Å². The molecule has 1 amide bonds. The highest BCUT2D eigenvalue weighted by molar-refractivity contribution is 7.99. The van der Waals surface area contributed by atoms with E-state index in [4.69, 9.17) is 9.47 Å². The molecule has 0 saturated carbocycles. The van der Waals surface area contributed by atoms with E-state index in [0.717, 1.165) is 35.8 Å². The summed E-state index contributed by atoms with van der Waals surface area (Å²) in [5.74, 6) is 2.52. The Morgan fingerprint density at radius 1 is 1.20 bits per heavy atom. The first-order valence-electron chi connectivity index (χ1n) is 8.31. The Morgan fingerprint density at radius 3 is 2.60 bits per heavy atom. The van der Waals surface area contributed by atoms with Crippen LogP contribution in [-0.4, -0.2) is 46.9 Å². The summed E-state index contributed by atoms with van der Waals surface area (Å²) >= 11 is 1.79. The zero-order valence-electron chi connectivity index (χ0n) is 14.6. The van der Waals surface area contributed by atoms with Crippen LogP contribution in [0.15, 0.2) is 36.9 Å². The van der Waals surface area contributed by atoms with Crippen LogP contribution in [0.1, 0.15) is 23.8 Å². The summed E-state index contributed by atoms with van der Waals surface area (Å²) in [4.78, 5) is 18.5. The fraction of sp³-hybridized carbons (Fsp3) is 0.444. The van der Waals surface area contributed by atoms with E-state index in [1.54, 1.807) is 38.5 Å². The molecule has 134 valence electrons. The highest BCUT2D eigenvalue weighted by Crippen LogP contribution is 2.40. The van der Waals surface area contributed by atoms with Gasteiger partial charge in [-0.25, -0.2) is 4.98 Å². The Bertz CT molecular complexity index is 683. The summed E-state index contributed by atoms with van der Waals surface area (Å²) in [6.45, 7) is 1.57. The van der Waals surface area contributed by atoms with Crippen molar-refractivity contribution < 1.29 is 14.3 Å². The third kappa shape index (κ3) is 4.28. The van der Waals surface area contributed by atoms with Crippen LogP contribution in [0, 0.1) is 0 Å². The topological polar surface area (TPSA) is 56.6 Å². The molecule has 1 fully saturated rings. The number of ether oxygens (including phenoxy) is 2. The summed E-state index contributed by atoms with van der Waals surface area (Å²) in [5, 5.41) is -0.00645. The molecule has 1 unspecified atom stereocenters. The van der Waals surface area contributed by atoms with E-state index >= 15 is 0 Å². The first-order chi connectivity index (χ1) is 12.2. The van der Waals surface area contributed by atoms with Crippen LogP contribution in [0.25, 0.3) is 0 Å². The zero-order chi connectivity index (χ0) is 17.6. The predicted molar refractivity (Wildman–Crippen MR) is 97.9 cm³/mol. The molecule has 1 saturated heterocycles. The van der Waals surface area contributed by atoms with Crippen LogP contribution >= 0.6 is 11.8 Å². The highest BCUT2D eigenvalue weighted by Gasteiger charge is 2.30. The summed E-state index contributed by atoms with van der Waals surface area (Å²) in [7, 11) is 3.28. The fourth-order valence-electron chi connectivity index (χ4n) is 2.96. The Kier molecular flexibility index (Phi) is 5.86. The Labute approximate surface area is 152 Å². The number of thioether (sulfide) groups is 1. The molecule has 2 aromatic rings. The summed E-state index contributed by atoms with van der Waals surface area (Å²) in [5.41, 5.74) is 1.04. The van der Waals surface area contributed by atoms with Gasteiger partial charge in [0.1, 0.15) is 16.9 Å². The molecule has 1 atom stereocenters. The number of rotatable bonds is 7. The molecule has 0 N–H and O–H groups in total. The molecule has 1 aliphatic heterocycles. The molecule has 0 aliphatic carbocycles. The summed E-state index contributed by atoms with van der Waals surface area (Å²) in [6.07, 6.45) is 7.00. The van der Waals surface area contributed by atoms with Crippen LogP contribution in [0.4, 0.5) is 0 Å². The van der Waals surface area contributed by atoms with Crippen LogP contribution < -0.4 is 9.47 Å². The van der Waals surface area contributed by atoms with Gasteiger partial charge < -0.3 is 18.9 Å². The number of methoxy groups -OCH3 is 2. The van der Waals surface area contributed by atoms with Gasteiger partial charge in [0, 0.05) is 43.7 Å². The second-order valence-corrected chi connectivity index (χ2v) is 7.05.